The van der Waals surface area contributed by atoms with Gasteiger partial charge in [0.15, 0.2) is 5.76 Å². The highest BCUT2D eigenvalue weighted by atomic mass is 35.5. The summed E-state index contributed by atoms with van der Waals surface area (Å²) < 4.78 is 7.48. The Morgan fingerprint density at radius 2 is 2.15 bits per heavy atom. The molecule has 0 aliphatic rings. The average molecular weight is 376 g/mol. The van der Waals surface area contributed by atoms with Crippen molar-refractivity contribution in [2.45, 2.75) is 6.54 Å². The molecule has 6 heteroatoms. The van der Waals surface area contributed by atoms with Crippen molar-refractivity contribution >= 4 is 45.6 Å². The van der Waals surface area contributed by atoms with Gasteiger partial charge in [-0.3, -0.25) is 4.79 Å². The van der Waals surface area contributed by atoms with Crippen LogP contribution in [0.15, 0.2) is 64.2 Å². The zero-order valence-electron chi connectivity index (χ0n) is 14.1. The van der Waals surface area contributed by atoms with E-state index in [9.17, 15) is 4.79 Å². The summed E-state index contributed by atoms with van der Waals surface area (Å²) in [5.41, 5.74) is 4.94. The maximum Gasteiger partial charge on any atom is 0.307 e. The van der Waals surface area contributed by atoms with Crippen LogP contribution in [0.3, 0.4) is 0 Å². The van der Waals surface area contributed by atoms with Crippen molar-refractivity contribution in [3.63, 3.8) is 0 Å². The van der Waals surface area contributed by atoms with E-state index < -0.39 is 5.91 Å². The molecule has 132 valence electrons. The third kappa shape index (κ3) is 3.31. The normalized spacial score (nSPS) is 11.3. The van der Waals surface area contributed by atoms with Crippen LogP contribution < -0.4 is 5.43 Å². The Bertz CT molecular complexity index is 1230. The van der Waals surface area contributed by atoms with Crippen molar-refractivity contribution in [3.8, 4) is 12.3 Å². The molecular weight excluding hydrogens is 362 g/mol. The first-order valence-corrected chi connectivity index (χ1v) is 8.57. The van der Waals surface area contributed by atoms with E-state index in [2.05, 4.69) is 16.4 Å². The molecule has 0 saturated carbocycles. The molecule has 5 nitrogen and oxygen atoms in total. The molecule has 0 atom stereocenters. The minimum atomic E-state index is -0.439. The van der Waals surface area contributed by atoms with E-state index in [0.717, 1.165) is 21.9 Å². The topological polar surface area (TPSA) is 59.5 Å². The molecule has 2 aromatic carbocycles. The van der Waals surface area contributed by atoms with Crippen molar-refractivity contribution in [1.82, 2.24) is 9.99 Å². The number of aromatic nitrogens is 1. The van der Waals surface area contributed by atoms with Gasteiger partial charge in [0.25, 0.3) is 0 Å². The van der Waals surface area contributed by atoms with E-state index in [1.54, 1.807) is 30.5 Å². The average Bonchev–Trinajstić information content (AvgIpc) is 3.24. The van der Waals surface area contributed by atoms with Gasteiger partial charge in [-0.05, 0) is 30.3 Å². The van der Waals surface area contributed by atoms with Crippen LogP contribution in [-0.2, 0) is 6.54 Å². The van der Waals surface area contributed by atoms with Gasteiger partial charge in [-0.2, -0.15) is 5.10 Å². The number of hydrazone groups is 1. The molecular formula is C21H14ClN3O2. The number of furan rings is 1. The number of carbonyl (C=O) groups is 1. The van der Waals surface area contributed by atoms with Crippen molar-refractivity contribution in [2.75, 3.05) is 0 Å². The van der Waals surface area contributed by atoms with Gasteiger partial charge in [-0.1, -0.05) is 35.7 Å². The predicted molar refractivity (Wildman–Crippen MR) is 107 cm³/mol. The predicted octanol–water partition coefficient (Wildman–Crippen LogP) is 4.44. The van der Waals surface area contributed by atoms with Gasteiger partial charge in [0.2, 0.25) is 0 Å². The lowest BCUT2D eigenvalue weighted by molar-refractivity contribution is 0.0929. The molecule has 1 N–H and O–H groups in total. The van der Waals surface area contributed by atoms with Crippen molar-refractivity contribution in [3.05, 3.63) is 71.1 Å². The maximum atomic E-state index is 12.3. The largest absolute Gasteiger partial charge is 0.451 e. The van der Waals surface area contributed by atoms with E-state index in [1.807, 2.05) is 35.0 Å². The standard InChI is InChI=1S/C21H14ClN3O2/c1-2-9-25-13-15(17-5-3-4-6-18(17)25)12-23-24-21(26)20-11-14-10-16(22)7-8-19(14)27-20/h1,3-8,10-13H,9H2,(H,24,26)/b23-12+. The number of nitrogens with zero attached hydrogens (tertiary/aromatic N) is 2. The van der Waals surface area contributed by atoms with Crippen LogP contribution in [0.25, 0.3) is 21.9 Å². The number of para-hydroxylation sites is 1. The van der Waals surface area contributed by atoms with Crippen LogP contribution in [0.1, 0.15) is 16.1 Å². The van der Waals surface area contributed by atoms with E-state index in [0.29, 0.717) is 17.2 Å². The Morgan fingerprint density at radius 3 is 3.00 bits per heavy atom. The fraction of sp³-hybridized carbons (Fsp3) is 0.0476. The summed E-state index contributed by atoms with van der Waals surface area (Å²) in [6.45, 7) is 0.461. The number of hydrogen-bond donors (Lipinski definition) is 1. The minimum absolute atomic E-state index is 0.166. The minimum Gasteiger partial charge on any atom is -0.451 e. The zero-order valence-corrected chi connectivity index (χ0v) is 14.9. The number of fused-ring (bicyclic) bond motifs is 2. The fourth-order valence-electron chi connectivity index (χ4n) is 2.95. The Hall–Kier alpha value is -3.49. The van der Waals surface area contributed by atoms with Gasteiger partial charge in [0.1, 0.15) is 5.58 Å². The van der Waals surface area contributed by atoms with Crippen LogP contribution in [-0.4, -0.2) is 16.7 Å². The first-order valence-electron chi connectivity index (χ1n) is 8.19. The second-order valence-corrected chi connectivity index (χ2v) is 6.36. The number of amides is 1. The fourth-order valence-corrected chi connectivity index (χ4v) is 3.13. The number of halogens is 1. The van der Waals surface area contributed by atoms with Gasteiger partial charge in [-0.25, -0.2) is 5.43 Å². The number of benzene rings is 2. The molecule has 1 amide bonds. The molecule has 0 radical (unpaired) electrons. The van der Waals surface area contributed by atoms with Gasteiger partial charge >= 0.3 is 5.91 Å². The number of hydrogen-bond acceptors (Lipinski definition) is 3. The summed E-state index contributed by atoms with van der Waals surface area (Å²) in [5.74, 6) is 2.36. The Balaban J connectivity index is 1.55. The monoisotopic (exact) mass is 375 g/mol. The molecule has 0 spiro atoms. The van der Waals surface area contributed by atoms with Gasteiger partial charge in [-0.15, -0.1) is 6.42 Å². The summed E-state index contributed by atoms with van der Waals surface area (Å²) >= 11 is 5.95. The lowest BCUT2D eigenvalue weighted by Gasteiger charge is -1.97. The van der Waals surface area contributed by atoms with Crippen molar-refractivity contribution in [2.24, 2.45) is 5.10 Å². The van der Waals surface area contributed by atoms with Gasteiger partial charge < -0.3 is 8.98 Å². The molecule has 27 heavy (non-hydrogen) atoms. The molecule has 0 aliphatic heterocycles. The van der Waals surface area contributed by atoms with Crippen molar-refractivity contribution < 1.29 is 9.21 Å². The van der Waals surface area contributed by atoms with E-state index in [4.69, 9.17) is 22.4 Å². The number of terminal acetylenes is 1. The second-order valence-electron chi connectivity index (χ2n) is 5.93. The Kier molecular flexibility index (Phi) is 4.41. The molecule has 2 aromatic heterocycles. The summed E-state index contributed by atoms with van der Waals surface area (Å²) in [7, 11) is 0. The number of carbonyl (C=O) groups excluding carboxylic acids is 1. The van der Waals surface area contributed by atoms with E-state index in [1.165, 1.54) is 0 Å². The van der Waals surface area contributed by atoms with Crippen molar-refractivity contribution in [1.29, 1.82) is 0 Å². The third-order valence-corrected chi connectivity index (χ3v) is 4.39. The molecule has 0 unspecified atom stereocenters. The Labute approximate surface area is 160 Å². The summed E-state index contributed by atoms with van der Waals surface area (Å²) in [6, 6.07) is 14.7. The molecule has 4 rings (SSSR count). The molecule has 0 aliphatic carbocycles. The molecule has 2 heterocycles. The highest BCUT2D eigenvalue weighted by Gasteiger charge is 2.12. The summed E-state index contributed by atoms with van der Waals surface area (Å²) in [4.78, 5) is 12.3. The lowest BCUT2D eigenvalue weighted by atomic mass is 10.2. The highest BCUT2D eigenvalue weighted by molar-refractivity contribution is 6.31. The summed E-state index contributed by atoms with van der Waals surface area (Å²) in [6.07, 6.45) is 8.92. The SMILES string of the molecule is C#CCn1cc(/C=N/NC(=O)c2cc3cc(Cl)ccc3o2)c2ccccc21. The quantitative estimate of drug-likeness (QED) is 0.325. The van der Waals surface area contributed by atoms with E-state index >= 15 is 0 Å². The molecule has 0 saturated heterocycles. The van der Waals surface area contributed by atoms with E-state index in [-0.39, 0.29) is 5.76 Å². The first kappa shape index (κ1) is 17.0. The molecule has 0 bridgehead atoms. The molecule has 4 aromatic rings. The second kappa shape index (κ2) is 7.02. The van der Waals surface area contributed by atoms with Crippen LogP contribution >= 0.6 is 11.6 Å². The smallest absolute Gasteiger partial charge is 0.307 e. The lowest BCUT2D eigenvalue weighted by Crippen LogP contribution is -2.16. The van der Waals surface area contributed by atoms with Gasteiger partial charge in [0.05, 0.1) is 12.8 Å². The number of nitrogens with one attached hydrogen (secondary N) is 1. The molecule has 0 fully saturated rings. The van der Waals surface area contributed by atoms with Crippen LogP contribution in [0, 0.1) is 12.3 Å². The number of rotatable bonds is 4. The van der Waals surface area contributed by atoms with Crippen LogP contribution in [0.4, 0.5) is 0 Å². The van der Waals surface area contributed by atoms with Gasteiger partial charge in [0, 0.05) is 33.1 Å². The first-order chi connectivity index (χ1) is 13.2. The Morgan fingerprint density at radius 1 is 1.30 bits per heavy atom. The van der Waals surface area contributed by atoms with Crippen LogP contribution in [0.5, 0.6) is 0 Å². The zero-order chi connectivity index (χ0) is 18.8. The highest BCUT2D eigenvalue weighted by Crippen LogP contribution is 2.23. The third-order valence-electron chi connectivity index (χ3n) is 4.15. The summed E-state index contributed by atoms with van der Waals surface area (Å²) in [5, 5.41) is 6.40. The maximum absolute atomic E-state index is 12.3. The van der Waals surface area contributed by atoms with Crippen LogP contribution in [0.2, 0.25) is 5.02 Å².